The molecule has 2 aromatic rings. The van der Waals surface area contributed by atoms with E-state index in [0.29, 0.717) is 34.0 Å². The van der Waals surface area contributed by atoms with Crippen LogP contribution in [-0.2, 0) is 6.42 Å². The molecule has 0 fully saturated rings. The summed E-state index contributed by atoms with van der Waals surface area (Å²) < 4.78 is 19.8. The van der Waals surface area contributed by atoms with Crippen molar-refractivity contribution in [2.45, 2.75) is 12.8 Å². The molecule has 0 unspecified atom stereocenters. The Balaban J connectivity index is 2.24. The first kappa shape index (κ1) is 12.6. The van der Waals surface area contributed by atoms with Crippen LogP contribution in [0.25, 0.3) is 11.3 Å². The van der Waals surface area contributed by atoms with Crippen LogP contribution in [0.5, 0.6) is 0 Å². The van der Waals surface area contributed by atoms with E-state index in [9.17, 15) is 4.39 Å². The normalized spacial score (nSPS) is 10.8. The molecule has 1 aromatic heterocycles. The number of aromatic nitrogens is 1. The molecule has 0 aliphatic rings. The second kappa shape index (κ2) is 5.65. The highest BCUT2D eigenvalue weighted by atomic mass is 79.9. The monoisotopic (exact) mass is 317 g/mol. The number of hydrogen-bond donors (Lipinski definition) is 0. The minimum atomic E-state index is -0.334. The Morgan fingerprint density at radius 2 is 2.24 bits per heavy atom. The van der Waals surface area contributed by atoms with E-state index in [-0.39, 0.29) is 5.82 Å². The van der Waals surface area contributed by atoms with E-state index < -0.39 is 0 Å². The third kappa shape index (κ3) is 3.07. The Bertz CT molecular complexity index is 515. The molecule has 0 amide bonds. The van der Waals surface area contributed by atoms with Crippen molar-refractivity contribution in [1.29, 1.82) is 0 Å². The smallest absolute Gasteiger partial charge is 0.194 e. The zero-order valence-electron chi connectivity index (χ0n) is 8.92. The first-order valence-electron chi connectivity index (χ1n) is 5.17. The van der Waals surface area contributed by atoms with Gasteiger partial charge < -0.3 is 4.42 Å². The van der Waals surface area contributed by atoms with Crippen LogP contribution in [0.15, 0.2) is 33.3 Å². The molecule has 0 radical (unpaired) electrons. The van der Waals surface area contributed by atoms with E-state index in [4.69, 9.17) is 16.0 Å². The number of rotatable bonds is 4. The Morgan fingerprint density at radius 1 is 1.41 bits per heavy atom. The highest BCUT2D eigenvalue weighted by molar-refractivity contribution is 9.10. The number of aryl methyl sites for hydroxylation is 1. The summed E-state index contributed by atoms with van der Waals surface area (Å²) in [5, 5.41) is 0. The molecule has 0 atom stereocenters. The van der Waals surface area contributed by atoms with Gasteiger partial charge in [0, 0.05) is 16.8 Å². The third-order valence-corrected chi connectivity index (χ3v) is 3.03. The zero-order chi connectivity index (χ0) is 12.3. The standard InChI is InChI=1S/C12H10BrClFNO/c13-8-3-4-9(10(15)6-8)11-7-16-12(17-11)2-1-5-14/h3-4,6-7H,1-2,5H2. The van der Waals surface area contributed by atoms with E-state index in [1.165, 1.54) is 12.3 Å². The zero-order valence-corrected chi connectivity index (χ0v) is 11.3. The van der Waals surface area contributed by atoms with Crippen LogP contribution in [-0.4, -0.2) is 10.9 Å². The van der Waals surface area contributed by atoms with Gasteiger partial charge in [-0.1, -0.05) is 15.9 Å². The van der Waals surface area contributed by atoms with Gasteiger partial charge in [-0.2, -0.15) is 0 Å². The summed E-state index contributed by atoms with van der Waals surface area (Å²) in [5.74, 6) is 1.26. The van der Waals surface area contributed by atoms with Gasteiger partial charge in [0.15, 0.2) is 11.7 Å². The quantitative estimate of drug-likeness (QED) is 0.780. The Hall–Kier alpha value is -0.870. The predicted molar refractivity (Wildman–Crippen MR) is 68.6 cm³/mol. The van der Waals surface area contributed by atoms with Crippen molar-refractivity contribution in [2.24, 2.45) is 0 Å². The lowest BCUT2D eigenvalue weighted by Gasteiger charge is -1.99. The van der Waals surface area contributed by atoms with Gasteiger partial charge in [0.25, 0.3) is 0 Å². The molecule has 17 heavy (non-hydrogen) atoms. The molecule has 0 saturated heterocycles. The van der Waals surface area contributed by atoms with E-state index in [0.717, 1.165) is 6.42 Å². The molecule has 0 aliphatic heterocycles. The number of hydrogen-bond acceptors (Lipinski definition) is 2. The van der Waals surface area contributed by atoms with E-state index in [2.05, 4.69) is 20.9 Å². The summed E-state index contributed by atoms with van der Waals surface area (Å²) in [6.07, 6.45) is 3.00. The van der Waals surface area contributed by atoms with Crippen LogP contribution in [0.3, 0.4) is 0 Å². The van der Waals surface area contributed by atoms with E-state index in [1.807, 2.05) is 0 Å². The Labute approximate surface area is 112 Å². The average Bonchev–Trinajstić information content (AvgIpc) is 2.75. The summed E-state index contributed by atoms with van der Waals surface area (Å²) >= 11 is 8.79. The van der Waals surface area contributed by atoms with E-state index >= 15 is 0 Å². The molecule has 0 spiro atoms. The first-order chi connectivity index (χ1) is 8.20. The lowest BCUT2D eigenvalue weighted by molar-refractivity contribution is 0.499. The van der Waals surface area contributed by atoms with Gasteiger partial charge in [0.05, 0.1) is 11.8 Å². The SMILES string of the molecule is Fc1cc(Br)ccc1-c1cnc(CCCCl)o1. The second-order valence-electron chi connectivity index (χ2n) is 3.53. The number of nitrogens with zero attached hydrogens (tertiary/aromatic N) is 1. The molecule has 5 heteroatoms. The van der Waals surface area contributed by atoms with Crippen LogP contribution in [0, 0.1) is 5.82 Å². The molecule has 0 aliphatic carbocycles. The van der Waals surface area contributed by atoms with Gasteiger partial charge in [0.2, 0.25) is 0 Å². The van der Waals surface area contributed by atoms with Gasteiger partial charge in [0.1, 0.15) is 5.82 Å². The van der Waals surface area contributed by atoms with Crippen LogP contribution < -0.4 is 0 Å². The Morgan fingerprint density at radius 3 is 2.94 bits per heavy atom. The van der Waals surface area contributed by atoms with Crippen molar-refractivity contribution >= 4 is 27.5 Å². The van der Waals surface area contributed by atoms with Crippen LogP contribution in [0.2, 0.25) is 0 Å². The molecular weight excluding hydrogens is 308 g/mol. The molecule has 1 heterocycles. The maximum Gasteiger partial charge on any atom is 0.194 e. The van der Waals surface area contributed by atoms with Crippen molar-refractivity contribution in [3.63, 3.8) is 0 Å². The molecule has 0 bridgehead atoms. The molecule has 0 N–H and O–H groups in total. The minimum absolute atomic E-state index is 0.334. The highest BCUT2D eigenvalue weighted by Gasteiger charge is 2.11. The lowest BCUT2D eigenvalue weighted by Crippen LogP contribution is -1.85. The van der Waals surface area contributed by atoms with Crippen LogP contribution in [0.1, 0.15) is 12.3 Å². The van der Waals surface area contributed by atoms with Crippen molar-refractivity contribution in [3.05, 3.63) is 40.6 Å². The highest BCUT2D eigenvalue weighted by Crippen LogP contribution is 2.26. The third-order valence-electron chi connectivity index (χ3n) is 2.27. The summed E-state index contributed by atoms with van der Waals surface area (Å²) in [5.41, 5.74) is 0.415. The molecule has 90 valence electrons. The lowest BCUT2D eigenvalue weighted by atomic mass is 10.2. The molecule has 2 rings (SSSR count). The van der Waals surface area contributed by atoms with Gasteiger partial charge in [-0.25, -0.2) is 9.37 Å². The molecular formula is C12H10BrClFNO. The maximum atomic E-state index is 13.7. The topological polar surface area (TPSA) is 26.0 Å². The average molecular weight is 319 g/mol. The van der Waals surface area contributed by atoms with Gasteiger partial charge >= 0.3 is 0 Å². The van der Waals surface area contributed by atoms with Crippen LogP contribution >= 0.6 is 27.5 Å². The summed E-state index contributed by atoms with van der Waals surface area (Å²) in [6.45, 7) is 0. The van der Waals surface area contributed by atoms with Crippen molar-refractivity contribution < 1.29 is 8.81 Å². The molecule has 2 nitrogen and oxygen atoms in total. The van der Waals surface area contributed by atoms with Crippen molar-refractivity contribution in [2.75, 3.05) is 5.88 Å². The minimum Gasteiger partial charge on any atom is -0.441 e. The number of halogens is 3. The van der Waals surface area contributed by atoms with Crippen molar-refractivity contribution in [1.82, 2.24) is 4.98 Å². The second-order valence-corrected chi connectivity index (χ2v) is 4.83. The first-order valence-corrected chi connectivity index (χ1v) is 6.49. The fourth-order valence-electron chi connectivity index (χ4n) is 1.46. The number of oxazole rings is 1. The van der Waals surface area contributed by atoms with Gasteiger partial charge in [-0.3, -0.25) is 0 Å². The molecule has 1 aromatic carbocycles. The summed E-state index contributed by atoms with van der Waals surface area (Å²) in [6, 6.07) is 4.82. The van der Waals surface area contributed by atoms with Crippen molar-refractivity contribution in [3.8, 4) is 11.3 Å². The Kier molecular flexibility index (Phi) is 4.18. The molecule has 0 saturated carbocycles. The van der Waals surface area contributed by atoms with E-state index in [1.54, 1.807) is 12.1 Å². The predicted octanol–water partition coefficient (Wildman–Crippen LogP) is 4.41. The number of alkyl halides is 1. The summed E-state index contributed by atoms with van der Waals surface area (Å²) in [7, 11) is 0. The maximum absolute atomic E-state index is 13.7. The van der Waals surface area contributed by atoms with Crippen LogP contribution in [0.4, 0.5) is 4.39 Å². The van der Waals surface area contributed by atoms with Gasteiger partial charge in [-0.05, 0) is 24.6 Å². The largest absolute Gasteiger partial charge is 0.441 e. The fourth-order valence-corrected chi connectivity index (χ4v) is 1.92. The van der Waals surface area contributed by atoms with Gasteiger partial charge in [-0.15, -0.1) is 11.6 Å². The number of benzene rings is 1. The fraction of sp³-hybridized carbons (Fsp3) is 0.250. The summed E-state index contributed by atoms with van der Waals surface area (Å²) in [4.78, 5) is 4.09.